The molecule has 4 nitrogen and oxygen atoms in total. The summed E-state index contributed by atoms with van der Waals surface area (Å²) >= 11 is 6.18. The molecule has 1 saturated heterocycles. The van der Waals surface area contributed by atoms with Crippen LogP contribution in [0, 0.1) is 0 Å². The van der Waals surface area contributed by atoms with Crippen molar-refractivity contribution in [3.8, 4) is 0 Å². The van der Waals surface area contributed by atoms with Crippen molar-refractivity contribution < 1.29 is 0 Å². The molecule has 1 aliphatic rings. The zero-order valence-electron chi connectivity index (χ0n) is 14.2. The van der Waals surface area contributed by atoms with E-state index in [0.29, 0.717) is 11.2 Å². The van der Waals surface area contributed by atoms with Gasteiger partial charge in [0.15, 0.2) is 11.0 Å². The van der Waals surface area contributed by atoms with Crippen LogP contribution in [0.1, 0.15) is 24.9 Å². The van der Waals surface area contributed by atoms with Gasteiger partial charge in [0.1, 0.15) is 0 Å². The summed E-state index contributed by atoms with van der Waals surface area (Å²) in [6, 6.07) is 15.8. The van der Waals surface area contributed by atoms with E-state index in [-0.39, 0.29) is 6.04 Å². The smallest absolute Gasteiger partial charge is 0.171 e. The molecule has 1 N–H and O–H groups in total. The highest BCUT2D eigenvalue weighted by Crippen LogP contribution is 2.27. The fraction of sp³-hybridized carbons (Fsp3) is 0.300. The topological polar surface area (TPSA) is 41.0 Å². The molecule has 0 amide bonds. The van der Waals surface area contributed by atoms with Gasteiger partial charge in [-0.3, -0.25) is 0 Å². The molecule has 25 heavy (non-hydrogen) atoms. The molecule has 1 aromatic heterocycles. The highest BCUT2D eigenvalue weighted by Gasteiger charge is 2.26. The molecule has 2 atom stereocenters. The van der Waals surface area contributed by atoms with Crippen molar-refractivity contribution in [1.29, 1.82) is 0 Å². The van der Waals surface area contributed by atoms with Gasteiger partial charge < -0.3 is 10.2 Å². The summed E-state index contributed by atoms with van der Waals surface area (Å²) in [6.45, 7) is 4.07. The number of anilines is 1. The molecule has 128 valence electrons. The lowest BCUT2D eigenvalue weighted by atomic mass is 9.99. The lowest BCUT2D eigenvalue weighted by Crippen LogP contribution is -2.34. The number of halogens is 1. The average Bonchev–Trinajstić information content (AvgIpc) is 3.09. The molecule has 0 bridgehead atoms. The Bertz CT molecular complexity index is 877. The van der Waals surface area contributed by atoms with Crippen LogP contribution >= 0.6 is 11.6 Å². The molecule has 1 fully saturated rings. The van der Waals surface area contributed by atoms with Crippen LogP contribution < -0.4 is 10.2 Å². The fourth-order valence-corrected chi connectivity index (χ4v) is 3.91. The van der Waals surface area contributed by atoms with Gasteiger partial charge in [-0.15, -0.1) is 0 Å². The first-order valence-electron chi connectivity index (χ1n) is 8.67. The maximum Gasteiger partial charge on any atom is 0.171 e. The lowest BCUT2D eigenvalue weighted by molar-refractivity contribution is 0.483. The van der Waals surface area contributed by atoms with Crippen molar-refractivity contribution in [2.75, 3.05) is 18.0 Å². The fourth-order valence-electron chi connectivity index (χ4n) is 3.69. The average molecular weight is 353 g/mol. The largest absolute Gasteiger partial charge is 0.352 e. The Hall–Kier alpha value is -2.17. The first kappa shape index (κ1) is 16.3. The molecular weight excluding hydrogens is 332 g/mol. The maximum absolute atomic E-state index is 6.18. The van der Waals surface area contributed by atoms with Gasteiger partial charge >= 0.3 is 0 Å². The predicted octanol–water partition coefficient (Wildman–Crippen LogP) is 4.21. The van der Waals surface area contributed by atoms with E-state index in [4.69, 9.17) is 11.6 Å². The molecule has 1 aliphatic heterocycles. The number of nitrogens with zero attached hydrogens (tertiary/aromatic N) is 3. The monoisotopic (exact) mass is 352 g/mol. The van der Waals surface area contributed by atoms with Gasteiger partial charge in [-0.2, -0.15) is 0 Å². The molecule has 2 aromatic carbocycles. The van der Waals surface area contributed by atoms with Crippen molar-refractivity contribution in [3.63, 3.8) is 0 Å². The Balaban J connectivity index is 1.48. The van der Waals surface area contributed by atoms with Gasteiger partial charge in [0.25, 0.3) is 0 Å². The zero-order chi connectivity index (χ0) is 17.2. The third kappa shape index (κ3) is 3.32. The van der Waals surface area contributed by atoms with Gasteiger partial charge in [0.05, 0.1) is 0 Å². The van der Waals surface area contributed by atoms with Crippen LogP contribution in [-0.4, -0.2) is 29.1 Å². The van der Waals surface area contributed by atoms with Crippen molar-refractivity contribution in [2.24, 2.45) is 0 Å². The van der Waals surface area contributed by atoms with Crippen LogP contribution in [0.5, 0.6) is 0 Å². The molecular formula is C20H21ClN4. The standard InChI is InChI=1S/C20H21ClN4/c1-14(17-8-4-6-15-5-2-3-7-18(15)17)24-16-9-12-25(13-16)20-19(21)22-10-11-23-20/h2-8,10-11,14,16,24H,9,12-13H2,1H3. The molecule has 0 aliphatic carbocycles. The van der Waals surface area contributed by atoms with Gasteiger partial charge in [0.2, 0.25) is 0 Å². The second-order valence-electron chi connectivity index (χ2n) is 6.56. The maximum atomic E-state index is 6.18. The Morgan fingerprint density at radius 3 is 2.80 bits per heavy atom. The number of hydrogen-bond acceptors (Lipinski definition) is 4. The first-order chi connectivity index (χ1) is 12.2. The molecule has 4 rings (SSSR count). The van der Waals surface area contributed by atoms with E-state index in [9.17, 15) is 0 Å². The minimum Gasteiger partial charge on any atom is -0.352 e. The SMILES string of the molecule is CC(NC1CCN(c2nccnc2Cl)C1)c1cccc2ccccc12. The van der Waals surface area contributed by atoms with Gasteiger partial charge in [-0.05, 0) is 29.7 Å². The third-order valence-electron chi connectivity index (χ3n) is 4.90. The summed E-state index contributed by atoms with van der Waals surface area (Å²) in [5, 5.41) is 6.85. The van der Waals surface area contributed by atoms with Crippen molar-refractivity contribution in [1.82, 2.24) is 15.3 Å². The van der Waals surface area contributed by atoms with Crippen LogP contribution in [0.4, 0.5) is 5.82 Å². The summed E-state index contributed by atoms with van der Waals surface area (Å²) in [5.41, 5.74) is 1.34. The van der Waals surface area contributed by atoms with Crippen LogP contribution in [0.3, 0.4) is 0 Å². The zero-order valence-corrected chi connectivity index (χ0v) is 14.9. The summed E-state index contributed by atoms with van der Waals surface area (Å²) < 4.78 is 0. The minimum absolute atomic E-state index is 0.286. The molecule has 2 heterocycles. The Morgan fingerprint density at radius 1 is 1.12 bits per heavy atom. The molecule has 2 unspecified atom stereocenters. The highest BCUT2D eigenvalue weighted by atomic mass is 35.5. The number of hydrogen-bond donors (Lipinski definition) is 1. The predicted molar refractivity (Wildman–Crippen MR) is 103 cm³/mol. The normalized spacial score (nSPS) is 18.6. The van der Waals surface area contributed by atoms with Crippen LogP contribution in [0.2, 0.25) is 5.15 Å². The van der Waals surface area contributed by atoms with E-state index in [2.05, 4.69) is 69.6 Å². The number of aromatic nitrogens is 2. The van der Waals surface area contributed by atoms with E-state index in [1.54, 1.807) is 12.4 Å². The van der Waals surface area contributed by atoms with Crippen molar-refractivity contribution >= 4 is 28.2 Å². The summed E-state index contributed by atoms with van der Waals surface area (Å²) in [5.74, 6) is 0.784. The van der Waals surface area contributed by atoms with Gasteiger partial charge in [-0.25, -0.2) is 9.97 Å². The van der Waals surface area contributed by atoms with Crippen molar-refractivity contribution in [3.05, 3.63) is 65.6 Å². The number of benzene rings is 2. The second kappa shape index (κ2) is 6.98. The quantitative estimate of drug-likeness (QED) is 0.763. The van der Waals surface area contributed by atoms with E-state index >= 15 is 0 Å². The first-order valence-corrected chi connectivity index (χ1v) is 9.05. The van der Waals surface area contributed by atoms with Crippen molar-refractivity contribution in [2.45, 2.75) is 25.4 Å². The lowest BCUT2D eigenvalue weighted by Gasteiger charge is -2.22. The molecule has 0 saturated carbocycles. The number of rotatable bonds is 4. The van der Waals surface area contributed by atoms with Crippen LogP contribution in [-0.2, 0) is 0 Å². The number of fused-ring (bicyclic) bond motifs is 1. The summed E-state index contributed by atoms with van der Waals surface area (Å²) in [7, 11) is 0. The van der Waals surface area contributed by atoms with Crippen LogP contribution in [0.15, 0.2) is 54.9 Å². The Morgan fingerprint density at radius 2 is 1.92 bits per heavy atom. The minimum atomic E-state index is 0.286. The molecule has 0 spiro atoms. The Kier molecular flexibility index (Phi) is 4.55. The van der Waals surface area contributed by atoms with E-state index in [0.717, 1.165) is 25.3 Å². The summed E-state index contributed by atoms with van der Waals surface area (Å²) in [6.07, 6.45) is 4.39. The van der Waals surface area contributed by atoms with E-state index < -0.39 is 0 Å². The third-order valence-corrected chi connectivity index (χ3v) is 5.17. The second-order valence-corrected chi connectivity index (χ2v) is 6.92. The highest BCUT2D eigenvalue weighted by molar-refractivity contribution is 6.31. The molecule has 5 heteroatoms. The molecule has 0 radical (unpaired) electrons. The van der Waals surface area contributed by atoms with Gasteiger partial charge in [-0.1, -0.05) is 54.1 Å². The Labute approximate surface area is 152 Å². The summed E-state index contributed by atoms with van der Waals surface area (Å²) in [4.78, 5) is 10.7. The van der Waals surface area contributed by atoms with Crippen LogP contribution in [0.25, 0.3) is 10.8 Å². The number of nitrogens with one attached hydrogen (secondary N) is 1. The van der Waals surface area contributed by atoms with E-state index in [1.807, 2.05) is 0 Å². The van der Waals surface area contributed by atoms with E-state index in [1.165, 1.54) is 16.3 Å². The molecule has 3 aromatic rings. The van der Waals surface area contributed by atoms with Gasteiger partial charge in [0, 0.05) is 37.6 Å².